The molecule has 1 aliphatic heterocycles. The van der Waals surface area contributed by atoms with Gasteiger partial charge >= 0.3 is 0 Å². The number of aliphatic hydroxyl groups excluding tert-OH is 1. The fourth-order valence-corrected chi connectivity index (χ4v) is 5.22. The van der Waals surface area contributed by atoms with Crippen molar-refractivity contribution in [1.29, 1.82) is 0 Å². The minimum absolute atomic E-state index is 0.0625. The Bertz CT molecular complexity index is 1730. The molecule has 6 heteroatoms. The Morgan fingerprint density at radius 2 is 1.57 bits per heavy atom. The molecule has 1 saturated heterocycles. The van der Waals surface area contributed by atoms with Crippen molar-refractivity contribution >= 4 is 44.8 Å². The minimum atomic E-state index is -0.814. The van der Waals surface area contributed by atoms with Crippen molar-refractivity contribution in [2.75, 3.05) is 12.0 Å². The maximum absolute atomic E-state index is 13.6. The number of para-hydroxylation sites is 1. The number of hydrogen-bond donors (Lipinski definition) is 1. The van der Waals surface area contributed by atoms with Crippen LogP contribution in [0, 0.1) is 0 Å². The van der Waals surface area contributed by atoms with E-state index in [9.17, 15) is 14.7 Å². The van der Waals surface area contributed by atoms with Gasteiger partial charge in [0.25, 0.3) is 11.7 Å². The molecule has 0 radical (unpaired) electrons. The molecule has 0 aliphatic carbocycles. The summed E-state index contributed by atoms with van der Waals surface area (Å²) in [5.41, 5.74) is 2.81. The second-order valence-electron chi connectivity index (χ2n) is 9.14. The molecule has 5 aromatic rings. The molecule has 37 heavy (non-hydrogen) atoms. The topological polar surface area (TPSA) is 71.8 Å². The van der Waals surface area contributed by atoms with Crippen LogP contribution in [0.25, 0.3) is 27.4 Å². The van der Waals surface area contributed by atoms with Gasteiger partial charge in [-0.3, -0.25) is 14.5 Å². The molecule has 0 spiro atoms. The molecule has 1 fully saturated rings. The van der Waals surface area contributed by atoms with E-state index in [1.54, 1.807) is 37.4 Å². The van der Waals surface area contributed by atoms with Crippen LogP contribution in [0.4, 0.5) is 5.69 Å². The number of ketones is 1. The van der Waals surface area contributed by atoms with E-state index in [0.29, 0.717) is 17.0 Å². The fourth-order valence-electron chi connectivity index (χ4n) is 5.22. The lowest BCUT2D eigenvalue weighted by Gasteiger charge is -2.25. The van der Waals surface area contributed by atoms with Crippen LogP contribution in [-0.4, -0.2) is 28.5 Å². The van der Waals surface area contributed by atoms with E-state index in [0.717, 1.165) is 27.2 Å². The van der Waals surface area contributed by atoms with E-state index in [2.05, 4.69) is 0 Å². The summed E-state index contributed by atoms with van der Waals surface area (Å²) in [5, 5.41) is 14.4. The Labute approximate surface area is 213 Å². The highest BCUT2D eigenvalue weighted by molar-refractivity contribution is 6.52. The number of aromatic nitrogens is 1. The maximum Gasteiger partial charge on any atom is 0.300 e. The van der Waals surface area contributed by atoms with Crippen molar-refractivity contribution in [3.63, 3.8) is 0 Å². The van der Waals surface area contributed by atoms with Crippen molar-refractivity contribution in [3.05, 3.63) is 114 Å². The fraction of sp³-hybridized carbons (Fsp3) is 0.0968. The van der Waals surface area contributed by atoms with Crippen molar-refractivity contribution in [3.8, 4) is 5.75 Å². The number of rotatable bonds is 4. The molecule has 0 bridgehead atoms. The van der Waals surface area contributed by atoms with Crippen LogP contribution in [0.15, 0.2) is 103 Å². The highest BCUT2D eigenvalue weighted by atomic mass is 16.5. The second-order valence-corrected chi connectivity index (χ2v) is 9.14. The molecule has 1 N–H and O–H groups in total. The molecule has 182 valence electrons. The van der Waals surface area contributed by atoms with E-state index < -0.39 is 17.7 Å². The van der Waals surface area contributed by atoms with E-state index in [1.165, 1.54) is 4.90 Å². The molecule has 6 rings (SSSR count). The molecular weight excluding hydrogens is 464 g/mol. The van der Waals surface area contributed by atoms with Gasteiger partial charge in [-0.05, 0) is 47.2 Å². The summed E-state index contributed by atoms with van der Waals surface area (Å²) in [6.07, 6.45) is 1.92. The van der Waals surface area contributed by atoms with E-state index >= 15 is 0 Å². The van der Waals surface area contributed by atoms with Gasteiger partial charge in [-0.15, -0.1) is 0 Å². The van der Waals surface area contributed by atoms with Crippen LogP contribution in [0.5, 0.6) is 5.75 Å². The number of anilines is 1. The Morgan fingerprint density at radius 1 is 0.865 bits per heavy atom. The average Bonchev–Trinajstić information content (AvgIpc) is 3.41. The molecule has 4 aromatic carbocycles. The minimum Gasteiger partial charge on any atom is -0.507 e. The summed E-state index contributed by atoms with van der Waals surface area (Å²) in [6.45, 7) is 0. The largest absolute Gasteiger partial charge is 0.507 e. The first kappa shape index (κ1) is 22.6. The number of methoxy groups -OCH3 is 1. The number of aryl methyl sites for hydroxylation is 1. The lowest BCUT2D eigenvalue weighted by molar-refractivity contribution is -0.132. The zero-order valence-corrected chi connectivity index (χ0v) is 20.4. The number of nitrogens with zero attached hydrogens (tertiary/aromatic N) is 2. The summed E-state index contributed by atoms with van der Waals surface area (Å²) in [7, 11) is 3.50. The first-order chi connectivity index (χ1) is 18.0. The SMILES string of the molecule is COc1ccc(N2C(=O)C(=O)/C(=C(/O)c3ccc4ccccc4c3)C2c2cn(C)c3ccccc23)cc1. The number of Topliss-reactive ketones (excluding diaryl/α,β-unsaturated/α-hetero) is 1. The zero-order valence-electron chi connectivity index (χ0n) is 20.4. The molecular formula is C31H24N2O4. The third-order valence-corrected chi connectivity index (χ3v) is 7.04. The van der Waals surface area contributed by atoms with Crippen LogP contribution < -0.4 is 9.64 Å². The van der Waals surface area contributed by atoms with Gasteiger partial charge in [0, 0.05) is 41.0 Å². The Hall–Kier alpha value is -4.84. The van der Waals surface area contributed by atoms with Crippen LogP contribution in [0.2, 0.25) is 0 Å². The van der Waals surface area contributed by atoms with Crippen molar-refractivity contribution in [2.24, 2.45) is 7.05 Å². The van der Waals surface area contributed by atoms with E-state index in [4.69, 9.17) is 4.74 Å². The van der Waals surface area contributed by atoms with Gasteiger partial charge in [0.05, 0.1) is 18.7 Å². The highest BCUT2D eigenvalue weighted by Crippen LogP contribution is 2.45. The van der Waals surface area contributed by atoms with Gasteiger partial charge in [0.2, 0.25) is 0 Å². The van der Waals surface area contributed by atoms with Gasteiger partial charge in [-0.1, -0.05) is 54.6 Å². The van der Waals surface area contributed by atoms with Gasteiger partial charge in [-0.25, -0.2) is 0 Å². The lowest BCUT2D eigenvalue weighted by atomic mass is 9.94. The number of ether oxygens (including phenoxy) is 1. The van der Waals surface area contributed by atoms with Crippen LogP contribution in [0.1, 0.15) is 17.2 Å². The van der Waals surface area contributed by atoms with Crippen molar-refractivity contribution in [2.45, 2.75) is 6.04 Å². The summed E-state index contributed by atoms with van der Waals surface area (Å²) >= 11 is 0. The molecule has 1 aromatic heterocycles. The normalized spacial score (nSPS) is 17.1. The van der Waals surface area contributed by atoms with Gasteiger partial charge in [0.1, 0.15) is 11.5 Å². The Kier molecular flexibility index (Phi) is 5.30. The highest BCUT2D eigenvalue weighted by Gasteiger charge is 2.47. The predicted octanol–water partition coefficient (Wildman–Crippen LogP) is 5.97. The summed E-state index contributed by atoms with van der Waals surface area (Å²) in [5.74, 6) is -0.971. The number of fused-ring (bicyclic) bond motifs is 2. The maximum atomic E-state index is 13.6. The van der Waals surface area contributed by atoms with Crippen LogP contribution in [0.3, 0.4) is 0 Å². The third-order valence-electron chi connectivity index (χ3n) is 7.04. The molecule has 1 aliphatic rings. The van der Waals surface area contributed by atoms with Gasteiger partial charge in [0.15, 0.2) is 0 Å². The third kappa shape index (κ3) is 3.57. The summed E-state index contributed by atoms with van der Waals surface area (Å²) in [4.78, 5) is 28.6. The number of carbonyl (C=O) groups excluding carboxylic acids is 2. The smallest absolute Gasteiger partial charge is 0.300 e. The van der Waals surface area contributed by atoms with E-state index in [1.807, 2.05) is 78.5 Å². The predicted molar refractivity (Wildman–Crippen MR) is 145 cm³/mol. The summed E-state index contributed by atoms with van der Waals surface area (Å²) in [6, 6.07) is 27.3. The lowest BCUT2D eigenvalue weighted by Crippen LogP contribution is -2.29. The Morgan fingerprint density at radius 3 is 2.32 bits per heavy atom. The van der Waals surface area contributed by atoms with Crippen molar-refractivity contribution in [1.82, 2.24) is 4.57 Å². The first-order valence-corrected chi connectivity index (χ1v) is 12.0. The zero-order chi connectivity index (χ0) is 25.7. The second kappa shape index (κ2) is 8.68. The number of aliphatic hydroxyl groups is 1. The van der Waals surface area contributed by atoms with Crippen LogP contribution >= 0.6 is 0 Å². The molecule has 0 saturated carbocycles. The molecule has 1 amide bonds. The summed E-state index contributed by atoms with van der Waals surface area (Å²) < 4.78 is 7.25. The molecule has 1 atom stereocenters. The van der Waals surface area contributed by atoms with Crippen molar-refractivity contribution < 1.29 is 19.4 Å². The molecule has 1 unspecified atom stereocenters. The first-order valence-electron chi connectivity index (χ1n) is 12.0. The monoisotopic (exact) mass is 488 g/mol. The quantitative estimate of drug-likeness (QED) is 0.192. The number of carbonyl (C=O) groups is 2. The Balaban J connectivity index is 1.61. The standard InChI is InChI=1S/C31H24N2O4/c1-32-18-25(24-9-5-6-10-26(24)32)28-27(29(34)21-12-11-19-7-3-4-8-20(19)17-21)30(35)31(36)33(28)22-13-15-23(37-2)16-14-22/h3-18,28,34H,1-2H3/b29-27+. The molecule has 6 nitrogen and oxygen atoms in total. The average molecular weight is 489 g/mol. The van der Waals surface area contributed by atoms with Gasteiger partial charge < -0.3 is 14.4 Å². The number of hydrogen-bond acceptors (Lipinski definition) is 4. The number of benzene rings is 4. The van der Waals surface area contributed by atoms with Gasteiger partial charge in [-0.2, -0.15) is 0 Å². The molecule has 2 heterocycles. The van der Waals surface area contributed by atoms with E-state index in [-0.39, 0.29) is 11.3 Å². The number of amides is 1. The van der Waals surface area contributed by atoms with Crippen LogP contribution in [-0.2, 0) is 16.6 Å².